The Kier molecular flexibility index (Phi) is 3.40. The fraction of sp³-hybridized carbons (Fsp3) is 0.533. The maximum absolute atomic E-state index is 6.37. The molecule has 1 aromatic heterocycles. The topological polar surface area (TPSA) is 43.8 Å². The van der Waals surface area contributed by atoms with E-state index in [1.165, 1.54) is 32.1 Å². The molecular formula is C15H20ClN3. The first-order valence-electron chi connectivity index (χ1n) is 7.14. The van der Waals surface area contributed by atoms with Crippen molar-refractivity contribution in [2.45, 2.75) is 45.1 Å². The summed E-state index contributed by atoms with van der Waals surface area (Å²) in [7, 11) is 0. The average molecular weight is 278 g/mol. The van der Waals surface area contributed by atoms with Crippen LogP contribution in [0.3, 0.4) is 0 Å². The second-order valence-corrected chi connectivity index (χ2v) is 5.87. The van der Waals surface area contributed by atoms with Crippen molar-refractivity contribution >= 4 is 28.6 Å². The Morgan fingerprint density at radius 1 is 1.37 bits per heavy atom. The van der Waals surface area contributed by atoms with Gasteiger partial charge in [-0.05, 0) is 30.9 Å². The van der Waals surface area contributed by atoms with Gasteiger partial charge in [0, 0.05) is 6.04 Å². The van der Waals surface area contributed by atoms with Crippen molar-refractivity contribution in [2.75, 3.05) is 5.73 Å². The van der Waals surface area contributed by atoms with Gasteiger partial charge in [-0.3, -0.25) is 0 Å². The molecule has 1 aliphatic rings. The lowest BCUT2D eigenvalue weighted by atomic mass is 9.82. The van der Waals surface area contributed by atoms with Gasteiger partial charge in [0.1, 0.15) is 0 Å². The second kappa shape index (κ2) is 5.04. The van der Waals surface area contributed by atoms with Crippen LogP contribution in [-0.2, 0) is 0 Å². The minimum Gasteiger partial charge on any atom is -0.369 e. The maximum Gasteiger partial charge on any atom is 0.201 e. The molecule has 2 N–H and O–H groups in total. The van der Waals surface area contributed by atoms with Crippen molar-refractivity contribution in [3.05, 3.63) is 23.2 Å². The van der Waals surface area contributed by atoms with Gasteiger partial charge < -0.3 is 10.3 Å². The number of nitrogen functional groups attached to an aromatic ring is 1. The van der Waals surface area contributed by atoms with Crippen molar-refractivity contribution < 1.29 is 0 Å². The number of benzene rings is 1. The fourth-order valence-electron chi connectivity index (χ4n) is 3.46. The molecule has 2 atom stereocenters. The number of nitrogens with zero attached hydrogens (tertiary/aromatic N) is 2. The third-order valence-corrected chi connectivity index (χ3v) is 4.72. The molecule has 2 unspecified atom stereocenters. The smallest absolute Gasteiger partial charge is 0.201 e. The lowest BCUT2D eigenvalue weighted by molar-refractivity contribution is 0.239. The van der Waals surface area contributed by atoms with E-state index in [1.54, 1.807) is 0 Å². The zero-order chi connectivity index (χ0) is 13.4. The molecule has 3 rings (SSSR count). The van der Waals surface area contributed by atoms with Gasteiger partial charge in [0.2, 0.25) is 5.95 Å². The molecule has 1 aliphatic carbocycles. The number of halogens is 1. The van der Waals surface area contributed by atoms with Gasteiger partial charge in [0.05, 0.1) is 16.1 Å². The van der Waals surface area contributed by atoms with E-state index in [0.29, 0.717) is 17.9 Å². The van der Waals surface area contributed by atoms with Crippen molar-refractivity contribution in [1.29, 1.82) is 0 Å². The van der Waals surface area contributed by atoms with E-state index in [1.807, 2.05) is 18.2 Å². The Balaban J connectivity index is 2.15. The first-order valence-corrected chi connectivity index (χ1v) is 7.52. The number of nitrogens with two attached hydrogens (primary N) is 1. The minimum absolute atomic E-state index is 0.448. The number of aromatic nitrogens is 2. The third kappa shape index (κ3) is 2.10. The molecule has 0 saturated heterocycles. The van der Waals surface area contributed by atoms with Crippen LogP contribution in [0.5, 0.6) is 0 Å². The highest BCUT2D eigenvalue weighted by atomic mass is 35.5. The first kappa shape index (κ1) is 12.8. The highest BCUT2D eigenvalue weighted by Gasteiger charge is 2.28. The quantitative estimate of drug-likeness (QED) is 0.883. The lowest BCUT2D eigenvalue weighted by Gasteiger charge is -2.33. The first-order chi connectivity index (χ1) is 9.22. The number of hydrogen-bond donors (Lipinski definition) is 1. The van der Waals surface area contributed by atoms with Crippen LogP contribution in [0.15, 0.2) is 18.2 Å². The summed E-state index contributed by atoms with van der Waals surface area (Å²) in [6.45, 7) is 2.26. The van der Waals surface area contributed by atoms with Gasteiger partial charge in [-0.2, -0.15) is 0 Å². The molecule has 1 fully saturated rings. The van der Waals surface area contributed by atoms with Crippen molar-refractivity contribution in [2.24, 2.45) is 5.92 Å². The molecule has 0 amide bonds. The van der Waals surface area contributed by atoms with E-state index in [2.05, 4.69) is 16.5 Å². The predicted molar refractivity (Wildman–Crippen MR) is 80.4 cm³/mol. The summed E-state index contributed by atoms with van der Waals surface area (Å²) in [4.78, 5) is 4.47. The van der Waals surface area contributed by atoms with Gasteiger partial charge in [-0.1, -0.05) is 43.9 Å². The Morgan fingerprint density at radius 3 is 2.95 bits per heavy atom. The normalized spacial score (nSPS) is 23.9. The summed E-state index contributed by atoms with van der Waals surface area (Å²) in [6.07, 6.45) is 6.25. The van der Waals surface area contributed by atoms with Crippen LogP contribution in [-0.4, -0.2) is 9.55 Å². The molecule has 0 aliphatic heterocycles. The number of anilines is 1. The highest BCUT2D eigenvalue weighted by Crippen LogP contribution is 2.40. The molecule has 0 bridgehead atoms. The van der Waals surface area contributed by atoms with Crippen LogP contribution in [0, 0.1) is 5.92 Å². The van der Waals surface area contributed by atoms with Gasteiger partial charge >= 0.3 is 0 Å². The number of imidazole rings is 1. The number of rotatable bonds is 2. The van der Waals surface area contributed by atoms with Crippen molar-refractivity contribution in [1.82, 2.24) is 9.55 Å². The number of fused-ring (bicyclic) bond motifs is 1. The minimum atomic E-state index is 0.448. The van der Waals surface area contributed by atoms with Gasteiger partial charge in [-0.15, -0.1) is 0 Å². The van der Waals surface area contributed by atoms with Crippen LogP contribution >= 0.6 is 11.6 Å². The van der Waals surface area contributed by atoms with Gasteiger partial charge in [-0.25, -0.2) is 4.98 Å². The predicted octanol–water partition coefficient (Wildman–Crippen LogP) is 4.41. The largest absolute Gasteiger partial charge is 0.369 e. The Bertz CT molecular complexity index is 590. The van der Waals surface area contributed by atoms with Crippen molar-refractivity contribution in [3.8, 4) is 0 Å². The molecule has 1 aromatic carbocycles. The highest BCUT2D eigenvalue weighted by molar-refractivity contribution is 6.35. The summed E-state index contributed by atoms with van der Waals surface area (Å²) < 4.78 is 2.19. The van der Waals surface area contributed by atoms with E-state index < -0.39 is 0 Å². The standard InChI is InChI=1S/C15H20ClN3/c1-2-10-6-3-4-9-13(10)19-14-11(16)7-5-8-12(14)18-15(19)17/h5,7-8,10,13H,2-4,6,9H2,1H3,(H2,17,18). The molecule has 3 nitrogen and oxygen atoms in total. The fourth-order valence-corrected chi connectivity index (χ4v) is 3.73. The summed E-state index contributed by atoms with van der Waals surface area (Å²) in [5, 5.41) is 0.752. The Labute approximate surface area is 118 Å². The summed E-state index contributed by atoms with van der Waals surface area (Å²) in [5.74, 6) is 1.29. The Hall–Kier alpha value is -1.22. The van der Waals surface area contributed by atoms with E-state index in [9.17, 15) is 0 Å². The zero-order valence-electron chi connectivity index (χ0n) is 11.3. The van der Waals surface area contributed by atoms with E-state index in [4.69, 9.17) is 17.3 Å². The van der Waals surface area contributed by atoms with Crippen LogP contribution < -0.4 is 5.73 Å². The summed E-state index contributed by atoms with van der Waals surface area (Å²) in [6, 6.07) is 6.28. The summed E-state index contributed by atoms with van der Waals surface area (Å²) in [5.41, 5.74) is 8.08. The molecule has 102 valence electrons. The van der Waals surface area contributed by atoms with E-state index in [-0.39, 0.29) is 0 Å². The van der Waals surface area contributed by atoms with Gasteiger partial charge in [0.15, 0.2) is 0 Å². The van der Waals surface area contributed by atoms with Crippen molar-refractivity contribution in [3.63, 3.8) is 0 Å². The van der Waals surface area contributed by atoms with E-state index >= 15 is 0 Å². The molecule has 4 heteroatoms. The SMILES string of the molecule is CCC1CCCCC1n1c(N)nc2cccc(Cl)c21. The zero-order valence-corrected chi connectivity index (χ0v) is 12.0. The average Bonchev–Trinajstić information content (AvgIpc) is 2.76. The molecular weight excluding hydrogens is 258 g/mol. The van der Waals surface area contributed by atoms with Crippen LogP contribution in [0.4, 0.5) is 5.95 Å². The van der Waals surface area contributed by atoms with Crippen LogP contribution in [0.1, 0.15) is 45.1 Å². The van der Waals surface area contributed by atoms with Gasteiger partial charge in [0.25, 0.3) is 0 Å². The molecule has 19 heavy (non-hydrogen) atoms. The monoisotopic (exact) mass is 277 g/mol. The molecule has 1 saturated carbocycles. The number of para-hydroxylation sites is 1. The molecule has 2 aromatic rings. The van der Waals surface area contributed by atoms with Crippen LogP contribution in [0.25, 0.3) is 11.0 Å². The summed E-state index contributed by atoms with van der Waals surface area (Å²) >= 11 is 6.37. The van der Waals surface area contributed by atoms with E-state index in [0.717, 1.165) is 16.1 Å². The lowest BCUT2D eigenvalue weighted by Crippen LogP contribution is -2.24. The molecule has 0 radical (unpaired) electrons. The molecule has 1 heterocycles. The number of hydrogen-bond acceptors (Lipinski definition) is 2. The van der Waals surface area contributed by atoms with Crippen LogP contribution in [0.2, 0.25) is 5.02 Å². The Morgan fingerprint density at radius 2 is 2.16 bits per heavy atom. The maximum atomic E-state index is 6.37. The second-order valence-electron chi connectivity index (χ2n) is 5.47. The third-order valence-electron chi connectivity index (χ3n) is 4.41. The molecule has 0 spiro atoms.